The third-order valence-corrected chi connectivity index (χ3v) is 8.99. The first kappa shape index (κ1) is 27.5. The van der Waals surface area contributed by atoms with E-state index in [1.54, 1.807) is 18.0 Å². The lowest BCUT2D eigenvalue weighted by Crippen LogP contribution is -2.55. The Kier molecular flexibility index (Phi) is 9.06. The number of carbonyl (C=O) groups is 2. The van der Waals surface area contributed by atoms with Gasteiger partial charge in [0.2, 0.25) is 17.6 Å². The van der Waals surface area contributed by atoms with Crippen LogP contribution in [0.15, 0.2) is 52.2 Å². The van der Waals surface area contributed by atoms with Gasteiger partial charge in [-0.1, -0.05) is 55.1 Å². The van der Waals surface area contributed by atoms with Gasteiger partial charge in [-0.3, -0.25) is 14.2 Å². The molecule has 1 aromatic carbocycles. The van der Waals surface area contributed by atoms with Crippen molar-refractivity contribution in [1.82, 2.24) is 24.6 Å². The molecule has 1 aliphatic heterocycles. The molecule has 8 nitrogen and oxygen atoms in total. The lowest BCUT2D eigenvalue weighted by molar-refractivity contribution is -0.142. The van der Waals surface area contributed by atoms with Crippen molar-refractivity contribution in [3.63, 3.8) is 0 Å². The maximum Gasteiger partial charge on any atom is 0.222 e. The molecule has 2 aliphatic rings. The summed E-state index contributed by atoms with van der Waals surface area (Å²) < 4.78 is 7.61. The number of piperazine rings is 1. The van der Waals surface area contributed by atoms with E-state index in [9.17, 15) is 9.59 Å². The highest BCUT2D eigenvalue weighted by molar-refractivity contribution is 7.99. The van der Waals surface area contributed by atoms with Gasteiger partial charge in [0, 0.05) is 50.0 Å². The zero-order valence-electron chi connectivity index (χ0n) is 23.1. The predicted octanol–water partition coefficient (Wildman–Crippen LogP) is 5.74. The number of nitrogens with zero attached hydrogens (tertiary/aromatic N) is 5. The first-order valence-corrected chi connectivity index (χ1v) is 15.2. The van der Waals surface area contributed by atoms with Crippen molar-refractivity contribution in [2.45, 2.75) is 76.4 Å². The second kappa shape index (κ2) is 12.9. The molecule has 0 radical (unpaired) electrons. The van der Waals surface area contributed by atoms with E-state index >= 15 is 0 Å². The maximum atomic E-state index is 13.0. The van der Waals surface area contributed by atoms with Crippen LogP contribution in [0.3, 0.4) is 0 Å². The zero-order chi connectivity index (χ0) is 27.2. The van der Waals surface area contributed by atoms with Gasteiger partial charge in [-0.15, -0.1) is 10.2 Å². The number of rotatable bonds is 10. The molecule has 2 aromatic heterocycles. The summed E-state index contributed by atoms with van der Waals surface area (Å²) in [5.41, 5.74) is 2.16. The zero-order valence-corrected chi connectivity index (χ0v) is 23.9. The van der Waals surface area contributed by atoms with Gasteiger partial charge in [-0.05, 0) is 56.9 Å². The van der Waals surface area contributed by atoms with Crippen molar-refractivity contribution in [2.75, 3.05) is 25.4 Å². The van der Waals surface area contributed by atoms with Crippen molar-refractivity contribution in [3.8, 4) is 17.3 Å². The summed E-state index contributed by atoms with van der Waals surface area (Å²) in [7, 11) is 0. The van der Waals surface area contributed by atoms with E-state index in [1.807, 2.05) is 26.5 Å². The molecule has 0 spiro atoms. The first-order valence-electron chi connectivity index (χ1n) is 14.3. The Bertz CT molecular complexity index is 1230. The molecule has 1 aliphatic carbocycles. The number of hydrogen-bond donors (Lipinski definition) is 0. The van der Waals surface area contributed by atoms with Crippen LogP contribution in [0.4, 0.5) is 0 Å². The van der Waals surface area contributed by atoms with Crippen LogP contribution in [0.25, 0.3) is 17.3 Å². The molecule has 1 unspecified atom stereocenters. The smallest absolute Gasteiger partial charge is 0.222 e. The maximum absolute atomic E-state index is 13.0. The molecule has 0 N–H and O–H groups in total. The van der Waals surface area contributed by atoms with Crippen LogP contribution < -0.4 is 0 Å². The summed E-state index contributed by atoms with van der Waals surface area (Å²) in [6, 6.07) is 12.0. The molecule has 2 fully saturated rings. The van der Waals surface area contributed by atoms with Gasteiger partial charge in [-0.2, -0.15) is 0 Å². The fourth-order valence-corrected chi connectivity index (χ4v) is 6.62. The second-order valence-corrected chi connectivity index (χ2v) is 11.9. The molecule has 208 valence electrons. The van der Waals surface area contributed by atoms with Crippen molar-refractivity contribution >= 4 is 23.6 Å². The van der Waals surface area contributed by atoms with Crippen molar-refractivity contribution < 1.29 is 14.0 Å². The van der Waals surface area contributed by atoms with Crippen LogP contribution in [0, 0.1) is 12.8 Å². The van der Waals surface area contributed by atoms with Crippen molar-refractivity contribution in [3.05, 3.63) is 48.2 Å². The number of thioether (sulfide) groups is 1. The van der Waals surface area contributed by atoms with E-state index in [2.05, 4.69) is 48.3 Å². The average molecular weight is 550 g/mol. The second-order valence-electron chi connectivity index (χ2n) is 10.9. The van der Waals surface area contributed by atoms with E-state index < -0.39 is 0 Å². The number of aromatic nitrogens is 3. The topological polar surface area (TPSA) is 84.5 Å². The Hall–Kier alpha value is -3.07. The summed E-state index contributed by atoms with van der Waals surface area (Å²) in [5, 5.41) is 9.61. The lowest BCUT2D eigenvalue weighted by atomic mass is 10.0. The number of aryl methyl sites for hydroxylation is 1. The summed E-state index contributed by atoms with van der Waals surface area (Å²) in [4.78, 5) is 29.7. The van der Waals surface area contributed by atoms with Gasteiger partial charge in [0.1, 0.15) is 0 Å². The van der Waals surface area contributed by atoms with Gasteiger partial charge in [0.25, 0.3) is 0 Å². The minimum absolute atomic E-state index is 0.0706. The van der Waals surface area contributed by atoms with Gasteiger partial charge in [-0.25, -0.2) is 0 Å². The molecular formula is C30H39N5O3S. The van der Waals surface area contributed by atoms with Crippen molar-refractivity contribution in [2.24, 2.45) is 5.92 Å². The molecule has 1 atom stereocenters. The van der Waals surface area contributed by atoms with Crippen LogP contribution in [0.5, 0.6) is 0 Å². The van der Waals surface area contributed by atoms with Gasteiger partial charge >= 0.3 is 0 Å². The van der Waals surface area contributed by atoms with Crippen LogP contribution >= 0.6 is 11.8 Å². The average Bonchev–Trinajstić information content (AvgIpc) is 3.72. The van der Waals surface area contributed by atoms with E-state index in [0.29, 0.717) is 44.1 Å². The van der Waals surface area contributed by atoms with Crippen LogP contribution in [-0.4, -0.2) is 67.8 Å². The quantitative estimate of drug-likeness (QED) is 0.237. The number of hydrogen-bond acceptors (Lipinski definition) is 6. The standard InChI is InChI=1S/C30H39N5O3S/c1-22-11-14-25(15-12-22)35-29(26-9-5-19-38-26)31-32-30(35)39-20-6-10-27(36)33-17-18-34(23(2)21-33)28(37)16-13-24-7-3-4-8-24/h5,9,11-12,14-15,19,23-24H,3-4,6-8,10,13,16-18,20-21H2,1-2H3. The normalized spacial score (nSPS) is 18.2. The third kappa shape index (κ3) is 6.75. The third-order valence-electron chi connectivity index (χ3n) is 7.97. The molecular weight excluding hydrogens is 510 g/mol. The minimum atomic E-state index is 0.0706. The SMILES string of the molecule is Cc1ccc(-n2c(SCCCC(=O)N3CCN(C(=O)CCC4CCCC4)C(C)C3)nnc2-c2ccco2)cc1. The molecule has 0 bridgehead atoms. The Morgan fingerprint density at radius 3 is 2.54 bits per heavy atom. The highest BCUT2D eigenvalue weighted by atomic mass is 32.2. The van der Waals surface area contributed by atoms with Crippen LogP contribution in [0.2, 0.25) is 0 Å². The number of amides is 2. The Morgan fingerprint density at radius 1 is 1.03 bits per heavy atom. The molecule has 2 amide bonds. The Balaban J connectivity index is 1.11. The number of benzene rings is 1. The highest BCUT2D eigenvalue weighted by Gasteiger charge is 2.30. The van der Waals surface area contributed by atoms with E-state index in [1.165, 1.54) is 31.2 Å². The highest BCUT2D eigenvalue weighted by Crippen LogP contribution is 2.30. The molecule has 9 heteroatoms. The molecule has 3 aromatic rings. The van der Waals surface area contributed by atoms with E-state index in [0.717, 1.165) is 35.4 Å². The number of furan rings is 1. The Labute approximate surface area is 235 Å². The van der Waals surface area contributed by atoms with E-state index in [4.69, 9.17) is 4.42 Å². The fraction of sp³-hybridized carbons (Fsp3) is 0.533. The Morgan fingerprint density at radius 2 is 1.82 bits per heavy atom. The van der Waals surface area contributed by atoms with Crippen LogP contribution in [-0.2, 0) is 9.59 Å². The molecule has 1 saturated heterocycles. The molecule has 5 rings (SSSR count). The molecule has 1 saturated carbocycles. The lowest BCUT2D eigenvalue weighted by Gasteiger charge is -2.40. The van der Waals surface area contributed by atoms with Crippen LogP contribution in [0.1, 0.15) is 63.9 Å². The summed E-state index contributed by atoms with van der Waals surface area (Å²) in [6.07, 6.45) is 9.71. The monoisotopic (exact) mass is 549 g/mol. The summed E-state index contributed by atoms with van der Waals surface area (Å²) >= 11 is 1.60. The molecule has 39 heavy (non-hydrogen) atoms. The van der Waals surface area contributed by atoms with Gasteiger partial charge < -0.3 is 14.2 Å². The van der Waals surface area contributed by atoms with E-state index in [-0.39, 0.29) is 17.9 Å². The fourth-order valence-electron chi connectivity index (χ4n) is 5.73. The first-order chi connectivity index (χ1) is 19.0. The predicted molar refractivity (Wildman–Crippen MR) is 153 cm³/mol. The summed E-state index contributed by atoms with van der Waals surface area (Å²) in [5.74, 6) is 3.22. The molecule has 3 heterocycles. The van der Waals surface area contributed by atoms with Gasteiger partial charge in [0.05, 0.1) is 6.26 Å². The number of carbonyl (C=O) groups excluding carboxylic acids is 2. The van der Waals surface area contributed by atoms with Gasteiger partial charge in [0.15, 0.2) is 10.9 Å². The largest absolute Gasteiger partial charge is 0.461 e. The minimum Gasteiger partial charge on any atom is -0.461 e. The summed E-state index contributed by atoms with van der Waals surface area (Å²) in [6.45, 7) is 6.01. The van der Waals surface area contributed by atoms with Crippen molar-refractivity contribution in [1.29, 1.82) is 0 Å².